The minimum absolute atomic E-state index is 0.0520. The number of anilines is 2. The van der Waals surface area contributed by atoms with Gasteiger partial charge in [0.1, 0.15) is 0 Å². The number of carbonyl (C=O) groups excluding carboxylic acids is 1. The largest absolute Gasteiger partial charge is 0.428 e. The van der Waals surface area contributed by atoms with Crippen LogP contribution in [0, 0.1) is 0 Å². The third kappa shape index (κ3) is 3.96. The van der Waals surface area contributed by atoms with Gasteiger partial charge in [0.2, 0.25) is 0 Å². The molecule has 0 bridgehead atoms. The number of hydrogen-bond acceptors (Lipinski definition) is 4. The molecular formula is C14H18F3N3O2. The SMILES string of the molecule is Nc1cccc(C(F)(F)F)c1NCOC(=O)N1CCCCC1. The van der Waals surface area contributed by atoms with Crippen LogP contribution >= 0.6 is 0 Å². The van der Waals surface area contributed by atoms with Crippen molar-refractivity contribution in [3.05, 3.63) is 23.8 Å². The van der Waals surface area contributed by atoms with Gasteiger partial charge in [-0.15, -0.1) is 0 Å². The Bertz CT molecular complexity index is 529. The maximum Gasteiger partial charge on any atom is 0.418 e. The van der Waals surface area contributed by atoms with Crippen LogP contribution in [0.1, 0.15) is 24.8 Å². The van der Waals surface area contributed by atoms with Gasteiger partial charge in [0.05, 0.1) is 16.9 Å². The lowest BCUT2D eigenvalue weighted by atomic mass is 10.1. The zero-order chi connectivity index (χ0) is 16.2. The Labute approximate surface area is 126 Å². The smallest absolute Gasteiger partial charge is 0.418 e. The summed E-state index contributed by atoms with van der Waals surface area (Å²) < 4.78 is 43.6. The van der Waals surface area contributed by atoms with Crippen molar-refractivity contribution in [3.63, 3.8) is 0 Å². The predicted octanol–water partition coefficient (Wildman–Crippen LogP) is 3.28. The molecule has 1 fully saturated rings. The molecular weight excluding hydrogens is 299 g/mol. The number of para-hydroxylation sites is 1. The van der Waals surface area contributed by atoms with Crippen LogP contribution in [-0.4, -0.2) is 30.8 Å². The monoisotopic (exact) mass is 317 g/mol. The molecule has 1 saturated heterocycles. The second-order valence-electron chi connectivity index (χ2n) is 5.05. The molecule has 0 radical (unpaired) electrons. The molecule has 1 aliphatic rings. The second kappa shape index (κ2) is 6.76. The standard InChI is InChI=1S/C14H18F3N3O2/c15-14(16,17)10-5-4-6-11(18)12(10)19-9-22-13(21)20-7-2-1-3-8-20/h4-6,19H,1-3,7-9,18H2. The average molecular weight is 317 g/mol. The third-order valence-electron chi connectivity index (χ3n) is 3.46. The normalized spacial score (nSPS) is 15.5. The fourth-order valence-corrected chi connectivity index (χ4v) is 2.34. The molecule has 0 aliphatic carbocycles. The number of rotatable bonds is 3. The number of piperidine rings is 1. The van der Waals surface area contributed by atoms with Crippen LogP contribution in [0.4, 0.5) is 29.3 Å². The first-order valence-corrected chi connectivity index (χ1v) is 7.01. The minimum Gasteiger partial charge on any atom is -0.428 e. The summed E-state index contributed by atoms with van der Waals surface area (Å²) in [5.74, 6) is 0. The van der Waals surface area contributed by atoms with E-state index in [1.807, 2.05) is 0 Å². The van der Waals surface area contributed by atoms with Crippen molar-refractivity contribution in [2.24, 2.45) is 0 Å². The molecule has 0 unspecified atom stereocenters. The van der Waals surface area contributed by atoms with E-state index in [0.29, 0.717) is 13.1 Å². The van der Waals surface area contributed by atoms with E-state index in [0.717, 1.165) is 25.3 Å². The van der Waals surface area contributed by atoms with Gasteiger partial charge in [-0.25, -0.2) is 4.79 Å². The molecule has 1 aromatic rings. The molecule has 3 N–H and O–H groups in total. The molecule has 122 valence electrons. The quantitative estimate of drug-likeness (QED) is 0.663. The van der Waals surface area contributed by atoms with Gasteiger partial charge in [0.15, 0.2) is 6.73 Å². The van der Waals surface area contributed by atoms with Gasteiger partial charge in [-0.2, -0.15) is 13.2 Å². The highest BCUT2D eigenvalue weighted by Crippen LogP contribution is 2.37. The summed E-state index contributed by atoms with van der Waals surface area (Å²) in [4.78, 5) is 13.3. The maximum atomic E-state index is 12.9. The number of nitrogens with zero attached hydrogens (tertiary/aromatic N) is 1. The number of halogens is 3. The second-order valence-corrected chi connectivity index (χ2v) is 5.05. The van der Waals surface area contributed by atoms with E-state index in [2.05, 4.69) is 5.32 Å². The van der Waals surface area contributed by atoms with Crippen LogP contribution in [0.5, 0.6) is 0 Å². The predicted molar refractivity (Wildman–Crippen MR) is 76.3 cm³/mol. The van der Waals surface area contributed by atoms with Gasteiger partial charge in [0, 0.05) is 13.1 Å². The molecule has 5 nitrogen and oxygen atoms in total. The van der Waals surface area contributed by atoms with E-state index in [9.17, 15) is 18.0 Å². The van der Waals surface area contributed by atoms with E-state index in [-0.39, 0.29) is 18.1 Å². The zero-order valence-corrected chi connectivity index (χ0v) is 11.9. The number of likely N-dealkylation sites (tertiary alicyclic amines) is 1. The Balaban J connectivity index is 1.95. The molecule has 0 atom stereocenters. The van der Waals surface area contributed by atoms with Crippen molar-refractivity contribution in [1.82, 2.24) is 4.90 Å². The Kier molecular flexibility index (Phi) is 4.99. The molecule has 2 rings (SSSR count). The lowest BCUT2D eigenvalue weighted by Crippen LogP contribution is -2.36. The summed E-state index contributed by atoms with van der Waals surface area (Å²) in [5.41, 5.74) is 4.35. The Morgan fingerprint density at radius 2 is 1.95 bits per heavy atom. The first-order chi connectivity index (χ1) is 10.4. The molecule has 1 amide bonds. The number of benzene rings is 1. The zero-order valence-electron chi connectivity index (χ0n) is 11.9. The van der Waals surface area contributed by atoms with Gasteiger partial charge >= 0.3 is 12.3 Å². The summed E-state index contributed by atoms with van der Waals surface area (Å²) in [6.07, 6.45) is -2.18. The average Bonchev–Trinajstić information content (AvgIpc) is 2.48. The third-order valence-corrected chi connectivity index (χ3v) is 3.46. The van der Waals surface area contributed by atoms with Crippen LogP contribution in [0.15, 0.2) is 18.2 Å². The van der Waals surface area contributed by atoms with Crippen molar-refractivity contribution in [3.8, 4) is 0 Å². The molecule has 0 saturated carbocycles. The van der Waals surface area contributed by atoms with Crippen molar-refractivity contribution < 1.29 is 22.7 Å². The lowest BCUT2D eigenvalue weighted by molar-refractivity contribution is -0.136. The number of nitrogen functional groups attached to an aromatic ring is 1. The van der Waals surface area contributed by atoms with E-state index < -0.39 is 17.8 Å². The highest BCUT2D eigenvalue weighted by atomic mass is 19.4. The van der Waals surface area contributed by atoms with Crippen LogP contribution in [0.2, 0.25) is 0 Å². The van der Waals surface area contributed by atoms with Gasteiger partial charge < -0.3 is 20.7 Å². The summed E-state index contributed by atoms with van der Waals surface area (Å²) in [7, 11) is 0. The molecule has 0 aromatic heterocycles. The van der Waals surface area contributed by atoms with E-state index in [4.69, 9.17) is 10.5 Å². The lowest BCUT2D eigenvalue weighted by Gasteiger charge is -2.26. The molecule has 1 aromatic carbocycles. The van der Waals surface area contributed by atoms with Crippen molar-refractivity contribution in [2.75, 3.05) is 30.9 Å². The fraction of sp³-hybridized carbons (Fsp3) is 0.500. The van der Waals surface area contributed by atoms with Gasteiger partial charge in [-0.3, -0.25) is 0 Å². The molecule has 8 heteroatoms. The van der Waals surface area contributed by atoms with Crippen molar-refractivity contribution >= 4 is 17.5 Å². The molecule has 0 spiro atoms. The summed E-state index contributed by atoms with van der Waals surface area (Å²) >= 11 is 0. The van der Waals surface area contributed by atoms with Crippen molar-refractivity contribution in [2.45, 2.75) is 25.4 Å². The molecule has 1 aliphatic heterocycles. The summed E-state index contributed by atoms with van der Waals surface area (Å²) in [6.45, 7) is 0.854. The number of amides is 1. The van der Waals surface area contributed by atoms with E-state index >= 15 is 0 Å². The topological polar surface area (TPSA) is 67.6 Å². The fourth-order valence-electron chi connectivity index (χ4n) is 2.34. The van der Waals surface area contributed by atoms with Crippen LogP contribution < -0.4 is 11.1 Å². The Morgan fingerprint density at radius 1 is 1.27 bits per heavy atom. The van der Waals surface area contributed by atoms with Crippen LogP contribution in [-0.2, 0) is 10.9 Å². The highest BCUT2D eigenvalue weighted by Gasteiger charge is 2.34. The van der Waals surface area contributed by atoms with Crippen LogP contribution in [0.25, 0.3) is 0 Å². The summed E-state index contributed by atoms with van der Waals surface area (Å²) in [6, 6.07) is 3.50. The number of carbonyl (C=O) groups is 1. The van der Waals surface area contributed by atoms with E-state index in [1.54, 1.807) is 4.90 Å². The molecule has 22 heavy (non-hydrogen) atoms. The van der Waals surface area contributed by atoms with Crippen LogP contribution in [0.3, 0.4) is 0 Å². The Hall–Kier alpha value is -2.12. The van der Waals surface area contributed by atoms with Gasteiger partial charge in [-0.05, 0) is 31.4 Å². The van der Waals surface area contributed by atoms with Gasteiger partial charge in [-0.1, -0.05) is 6.07 Å². The first-order valence-electron chi connectivity index (χ1n) is 7.01. The number of hydrogen-bond donors (Lipinski definition) is 2. The highest BCUT2D eigenvalue weighted by molar-refractivity contribution is 5.72. The van der Waals surface area contributed by atoms with E-state index in [1.165, 1.54) is 12.1 Å². The van der Waals surface area contributed by atoms with Crippen molar-refractivity contribution in [1.29, 1.82) is 0 Å². The molecule has 1 heterocycles. The van der Waals surface area contributed by atoms with Gasteiger partial charge in [0.25, 0.3) is 0 Å². The number of nitrogens with two attached hydrogens (primary N) is 1. The summed E-state index contributed by atoms with van der Waals surface area (Å²) in [5, 5.41) is 2.44. The maximum absolute atomic E-state index is 12.9. The number of nitrogens with one attached hydrogen (secondary N) is 1. The number of ether oxygens (including phenoxy) is 1. The minimum atomic E-state index is -4.53. The Morgan fingerprint density at radius 3 is 2.59 bits per heavy atom. The first kappa shape index (κ1) is 16.3. The number of alkyl halides is 3.